The van der Waals surface area contributed by atoms with E-state index in [2.05, 4.69) is 0 Å². The molecule has 2 aromatic carbocycles. The van der Waals surface area contributed by atoms with Crippen LogP contribution in [0.1, 0.15) is 23.5 Å². The highest BCUT2D eigenvalue weighted by atomic mass is 16.6. The molecular formula is C19H15NO3. The summed E-state index contributed by atoms with van der Waals surface area (Å²) in [5.41, 5.74) is 3.94. The maximum absolute atomic E-state index is 11.4. The van der Waals surface area contributed by atoms with Gasteiger partial charge in [0.15, 0.2) is 0 Å². The number of carbonyl (C=O) groups is 1. The van der Waals surface area contributed by atoms with Crippen molar-refractivity contribution in [1.29, 1.82) is 0 Å². The fourth-order valence-electron chi connectivity index (χ4n) is 2.85. The van der Waals surface area contributed by atoms with Gasteiger partial charge in [0, 0.05) is 18.1 Å². The quantitative estimate of drug-likeness (QED) is 0.481. The van der Waals surface area contributed by atoms with E-state index in [1.165, 1.54) is 12.1 Å². The molecule has 0 saturated carbocycles. The number of carbonyl (C=O) groups excluding carboxylic acids is 1. The minimum absolute atomic E-state index is 0.0556. The molecule has 4 heteroatoms. The smallest absolute Gasteiger partial charge is 0.269 e. The molecule has 1 aliphatic rings. The molecule has 0 amide bonds. The van der Waals surface area contributed by atoms with E-state index in [1.54, 1.807) is 12.1 Å². The number of nitrogens with zero attached hydrogens (tertiary/aromatic N) is 1. The molecule has 0 radical (unpaired) electrons. The van der Waals surface area contributed by atoms with Gasteiger partial charge in [-0.05, 0) is 28.7 Å². The Kier molecular flexibility index (Phi) is 4.15. The number of allylic oxidation sites excluding steroid dienone is 4. The van der Waals surface area contributed by atoms with Gasteiger partial charge in [-0.3, -0.25) is 14.9 Å². The van der Waals surface area contributed by atoms with Gasteiger partial charge in [-0.15, -0.1) is 0 Å². The molecule has 3 rings (SSSR count). The average Bonchev–Trinajstić information content (AvgIpc) is 2.62. The van der Waals surface area contributed by atoms with Gasteiger partial charge in [-0.2, -0.15) is 0 Å². The summed E-state index contributed by atoms with van der Waals surface area (Å²) in [5.74, 6) is -0.0755. The predicted octanol–water partition coefficient (Wildman–Crippen LogP) is 4.29. The summed E-state index contributed by atoms with van der Waals surface area (Å²) in [5, 5.41) is 10.8. The Balaban J connectivity index is 1.93. The average molecular weight is 305 g/mol. The third-order valence-corrected chi connectivity index (χ3v) is 4.09. The Morgan fingerprint density at radius 2 is 1.70 bits per heavy atom. The first-order valence-corrected chi connectivity index (χ1v) is 7.35. The van der Waals surface area contributed by atoms with Gasteiger partial charge in [-0.25, -0.2) is 0 Å². The summed E-state index contributed by atoms with van der Waals surface area (Å²) >= 11 is 0. The maximum Gasteiger partial charge on any atom is 0.269 e. The molecule has 0 saturated heterocycles. The van der Waals surface area contributed by atoms with Crippen LogP contribution in [0.25, 0.3) is 5.57 Å². The molecule has 1 aliphatic carbocycles. The molecule has 0 aliphatic heterocycles. The van der Waals surface area contributed by atoms with Crippen LogP contribution < -0.4 is 0 Å². The zero-order valence-corrected chi connectivity index (χ0v) is 12.4. The number of nitro benzene ring substituents is 1. The molecule has 0 heterocycles. The second-order valence-electron chi connectivity index (χ2n) is 5.45. The first kappa shape index (κ1) is 14.9. The van der Waals surface area contributed by atoms with E-state index < -0.39 is 4.92 Å². The third kappa shape index (κ3) is 3.11. The highest BCUT2D eigenvalue weighted by molar-refractivity contribution is 5.82. The zero-order valence-electron chi connectivity index (χ0n) is 12.4. The predicted molar refractivity (Wildman–Crippen MR) is 89.0 cm³/mol. The Bertz CT molecular complexity index is 789. The van der Waals surface area contributed by atoms with Crippen LogP contribution in [0.4, 0.5) is 5.69 Å². The standard InChI is InChI=1S/C19H15NO3/c21-13-17-7-6-16(14-4-2-1-3-5-14)12-19(17)15-8-10-18(11-9-15)20(22)23/h1-11,13,19H,12H2. The number of non-ortho nitro benzene ring substituents is 1. The van der Waals surface area contributed by atoms with Crippen LogP contribution in [0.5, 0.6) is 0 Å². The third-order valence-electron chi connectivity index (χ3n) is 4.09. The zero-order chi connectivity index (χ0) is 16.2. The van der Waals surface area contributed by atoms with Crippen molar-refractivity contribution in [3.63, 3.8) is 0 Å². The summed E-state index contributed by atoms with van der Waals surface area (Å²) < 4.78 is 0. The highest BCUT2D eigenvalue weighted by Crippen LogP contribution is 2.37. The van der Waals surface area contributed by atoms with E-state index in [9.17, 15) is 14.9 Å². The van der Waals surface area contributed by atoms with Crippen molar-refractivity contribution in [2.24, 2.45) is 0 Å². The summed E-state index contributed by atoms with van der Waals surface area (Å²) in [6.07, 6.45) is 5.38. The summed E-state index contributed by atoms with van der Waals surface area (Å²) in [7, 11) is 0. The molecule has 4 nitrogen and oxygen atoms in total. The van der Waals surface area contributed by atoms with Crippen molar-refractivity contribution in [3.8, 4) is 0 Å². The van der Waals surface area contributed by atoms with Crippen LogP contribution in [0.15, 0.2) is 72.3 Å². The van der Waals surface area contributed by atoms with Crippen LogP contribution >= 0.6 is 0 Å². The molecule has 23 heavy (non-hydrogen) atoms. The number of hydrogen-bond donors (Lipinski definition) is 0. The van der Waals surface area contributed by atoms with Gasteiger partial charge < -0.3 is 0 Å². The van der Waals surface area contributed by atoms with Crippen molar-refractivity contribution in [2.75, 3.05) is 0 Å². The van der Waals surface area contributed by atoms with Gasteiger partial charge in [-0.1, -0.05) is 54.6 Å². The summed E-state index contributed by atoms with van der Waals surface area (Å²) in [4.78, 5) is 21.7. The Morgan fingerprint density at radius 1 is 1.00 bits per heavy atom. The van der Waals surface area contributed by atoms with Crippen molar-refractivity contribution >= 4 is 17.5 Å². The van der Waals surface area contributed by atoms with Crippen LogP contribution in [-0.2, 0) is 4.79 Å². The van der Waals surface area contributed by atoms with E-state index in [1.807, 2.05) is 42.5 Å². The van der Waals surface area contributed by atoms with E-state index in [0.29, 0.717) is 12.0 Å². The molecule has 1 unspecified atom stereocenters. The molecule has 1 atom stereocenters. The normalized spacial score (nSPS) is 17.1. The van der Waals surface area contributed by atoms with Gasteiger partial charge >= 0.3 is 0 Å². The molecular weight excluding hydrogens is 290 g/mol. The molecule has 0 aromatic heterocycles. The second-order valence-corrected chi connectivity index (χ2v) is 5.45. The molecule has 2 aromatic rings. The lowest BCUT2D eigenvalue weighted by Crippen LogP contribution is -2.08. The van der Waals surface area contributed by atoms with Crippen LogP contribution in [0, 0.1) is 10.1 Å². The lowest BCUT2D eigenvalue weighted by atomic mass is 9.80. The molecule has 0 spiro atoms. The second kappa shape index (κ2) is 6.40. The fourth-order valence-corrected chi connectivity index (χ4v) is 2.85. The fraction of sp³-hybridized carbons (Fsp3) is 0.105. The lowest BCUT2D eigenvalue weighted by molar-refractivity contribution is -0.384. The number of benzene rings is 2. The van der Waals surface area contributed by atoms with Crippen molar-refractivity contribution in [1.82, 2.24) is 0 Å². The van der Waals surface area contributed by atoms with Gasteiger partial charge in [0.05, 0.1) is 4.92 Å². The molecule has 0 fully saturated rings. The number of rotatable bonds is 4. The van der Waals surface area contributed by atoms with E-state index >= 15 is 0 Å². The monoisotopic (exact) mass is 305 g/mol. The first-order valence-electron chi connectivity index (χ1n) is 7.35. The van der Waals surface area contributed by atoms with Crippen molar-refractivity contribution < 1.29 is 9.72 Å². The largest absolute Gasteiger partial charge is 0.298 e. The SMILES string of the molecule is O=CC1=CC=C(c2ccccc2)CC1c1ccc([N+](=O)[O-])cc1. The van der Waals surface area contributed by atoms with Gasteiger partial charge in [0.25, 0.3) is 5.69 Å². The molecule has 114 valence electrons. The molecule has 0 bridgehead atoms. The van der Waals surface area contributed by atoms with Gasteiger partial charge in [0.2, 0.25) is 0 Å². The highest BCUT2D eigenvalue weighted by Gasteiger charge is 2.22. The van der Waals surface area contributed by atoms with E-state index in [4.69, 9.17) is 0 Å². The lowest BCUT2D eigenvalue weighted by Gasteiger charge is -2.23. The van der Waals surface area contributed by atoms with Gasteiger partial charge in [0.1, 0.15) is 6.29 Å². The summed E-state index contributed by atoms with van der Waals surface area (Å²) in [6.45, 7) is 0. The Hall–Kier alpha value is -3.01. The maximum atomic E-state index is 11.4. The van der Waals surface area contributed by atoms with Crippen LogP contribution in [-0.4, -0.2) is 11.2 Å². The Labute approximate surface area is 133 Å². The topological polar surface area (TPSA) is 60.2 Å². The van der Waals surface area contributed by atoms with Crippen LogP contribution in [0.3, 0.4) is 0 Å². The van der Waals surface area contributed by atoms with Crippen LogP contribution in [0.2, 0.25) is 0 Å². The minimum atomic E-state index is -0.420. The number of hydrogen-bond acceptors (Lipinski definition) is 3. The molecule has 0 N–H and O–H groups in total. The Morgan fingerprint density at radius 3 is 2.30 bits per heavy atom. The first-order chi connectivity index (χ1) is 11.2. The summed E-state index contributed by atoms with van der Waals surface area (Å²) in [6, 6.07) is 16.4. The van der Waals surface area contributed by atoms with Crippen molar-refractivity contribution in [3.05, 3.63) is 93.6 Å². The number of aldehydes is 1. The number of nitro groups is 1. The van der Waals surface area contributed by atoms with E-state index in [-0.39, 0.29) is 11.6 Å². The van der Waals surface area contributed by atoms with Crippen molar-refractivity contribution in [2.45, 2.75) is 12.3 Å². The van der Waals surface area contributed by atoms with E-state index in [0.717, 1.165) is 23.0 Å². The minimum Gasteiger partial charge on any atom is -0.298 e.